The third-order valence-electron chi connectivity index (χ3n) is 3.40. The summed E-state index contributed by atoms with van der Waals surface area (Å²) in [5.41, 5.74) is 1.09. The van der Waals surface area contributed by atoms with Crippen molar-refractivity contribution in [3.63, 3.8) is 0 Å². The number of hydrogen-bond donors (Lipinski definition) is 1. The van der Waals surface area contributed by atoms with Crippen LogP contribution in [0, 0.1) is 0 Å². The van der Waals surface area contributed by atoms with Crippen LogP contribution in [0.2, 0.25) is 0 Å². The molecule has 21 heavy (non-hydrogen) atoms. The Kier molecular flexibility index (Phi) is 4.31. The number of nitrogens with one attached hydrogen (secondary N) is 1. The summed E-state index contributed by atoms with van der Waals surface area (Å²) in [4.78, 5) is 8.34. The highest BCUT2D eigenvalue weighted by molar-refractivity contribution is 5.46. The van der Waals surface area contributed by atoms with Crippen molar-refractivity contribution < 1.29 is 9.47 Å². The van der Waals surface area contributed by atoms with Crippen LogP contribution in [0.15, 0.2) is 36.7 Å². The van der Waals surface area contributed by atoms with Gasteiger partial charge in [-0.25, -0.2) is 9.97 Å². The second-order valence-corrected chi connectivity index (χ2v) is 5.06. The fourth-order valence-corrected chi connectivity index (χ4v) is 2.11. The molecular weight excluding hydrogens is 266 g/mol. The Bertz CT molecular complexity index is 585. The predicted octanol–water partition coefficient (Wildman–Crippen LogP) is 2.32. The number of methoxy groups -OCH3 is 1. The summed E-state index contributed by atoms with van der Waals surface area (Å²) in [6.45, 7) is 1.12. The highest BCUT2D eigenvalue weighted by atomic mass is 16.5. The van der Waals surface area contributed by atoms with Crippen molar-refractivity contribution in [3.05, 3.63) is 48.0 Å². The average Bonchev–Trinajstić information content (AvgIpc) is 3.36. The van der Waals surface area contributed by atoms with E-state index in [9.17, 15) is 0 Å². The summed E-state index contributed by atoms with van der Waals surface area (Å²) in [5, 5.41) is 3.50. The number of ether oxygens (including phenoxy) is 2. The van der Waals surface area contributed by atoms with Crippen molar-refractivity contribution in [1.82, 2.24) is 15.3 Å². The topological polar surface area (TPSA) is 56.3 Å². The van der Waals surface area contributed by atoms with Gasteiger partial charge in [-0.2, -0.15) is 0 Å². The second-order valence-electron chi connectivity index (χ2n) is 5.06. The molecule has 0 saturated heterocycles. The van der Waals surface area contributed by atoms with Crippen LogP contribution in [0.3, 0.4) is 0 Å². The third-order valence-corrected chi connectivity index (χ3v) is 3.40. The average molecular weight is 285 g/mol. The van der Waals surface area contributed by atoms with E-state index in [0.29, 0.717) is 18.5 Å². The van der Waals surface area contributed by atoms with E-state index in [2.05, 4.69) is 21.4 Å². The normalized spacial score (nSPS) is 14.0. The molecule has 0 radical (unpaired) electrons. The number of nitrogens with zero attached hydrogens (tertiary/aromatic N) is 2. The van der Waals surface area contributed by atoms with E-state index in [1.807, 2.05) is 12.1 Å². The Labute approximate surface area is 124 Å². The molecule has 0 atom stereocenters. The molecule has 3 rings (SSSR count). The summed E-state index contributed by atoms with van der Waals surface area (Å²) >= 11 is 0. The van der Waals surface area contributed by atoms with Crippen LogP contribution in [0.5, 0.6) is 11.5 Å². The van der Waals surface area contributed by atoms with Crippen LogP contribution < -0.4 is 14.8 Å². The first-order valence-electron chi connectivity index (χ1n) is 7.15. The molecule has 0 spiro atoms. The molecule has 0 amide bonds. The molecule has 0 aliphatic heterocycles. The van der Waals surface area contributed by atoms with Crippen LogP contribution in [0.4, 0.5) is 0 Å². The van der Waals surface area contributed by atoms with E-state index in [-0.39, 0.29) is 0 Å². The van der Waals surface area contributed by atoms with Gasteiger partial charge in [-0.15, -0.1) is 0 Å². The van der Waals surface area contributed by atoms with Crippen molar-refractivity contribution in [2.24, 2.45) is 0 Å². The van der Waals surface area contributed by atoms with Crippen molar-refractivity contribution >= 4 is 0 Å². The van der Waals surface area contributed by atoms with Gasteiger partial charge in [-0.05, 0) is 25.0 Å². The minimum absolute atomic E-state index is 0.331. The number of benzene rings is 1. The zero-order chi connectivity index (χ0) is 14.5. The van der Waals surface area contributed by atoms with E-state index >= 15 is 0 Å². The quantitative estimate of drug-likeness (QED) is 0.846. The zero-order valence-corrected chi connectivity index (χ0v) is 12.1. The first kappa shape index (κ1) is 13.8. The van der Waals surface area contributed by atoms with Crippen LogP contribution in [0.1, 0.15) is 24.2 Å². The van der Waals surface area contributed by atoms with Gasteiger partial charge in [0.25, 0.3) is 0 Å². The lowest BCUT2D eigenvalue weighted by atomic mass is 10.2. The Morgan fingerprint density at radius 1 is 1.19 bits per heavy atom. The molecule has 1 aromatic carbocycles. The van der Waals surface area contributed by atoms with Crippen LogP contribution in [0.25, 0.3) is 0 Å². The van der Waals surface area contributed by atoms with Crippen LogP contribution in [-0.4, -0.2) is 23.1 Å². The summed E-state index contributed by atoms with van der Waals surface area (Å²) < 4.78 is 11.3. The molecule has 2 aromatic rings. The molecule has 110 valence electrons. The first-order valence-corrected chi connectivity index (χ1v) is 7.15. The maximum atomic E-state index is 5.91. The summed E-state index contributed by atoms with van der Waals surface area (Å²) in [6, 6.07) is 8.38. The Morgan fingerprint density at radius 2 is 2.00 bits per heavy atom. The van der Waals surface area contributed by atoms with E-state index in [4.69, 9.17) is 9.47 Å². The second kappa shape index (κ2) is 6.54. The molecule has 1 fully saturated rings. The molecule has 0 bridgehead atoms. The van der Waals surface area contributed by atoms with Gasteiger partial charge >= 0.3 is 0 Å². The monoisotopic (exact) mass is 285 g/mol. The summed E-state index contributed by atoms with van der Waals surface area (Å²) in [5.74, 6) is 2.16. The maximum Gasteiger partial charge on any atom is 0.166 e. The fraction of sp³-hybridized carbons (Fsp3) is 0.375. The van der Waals surface area contributed by atoms with E-state index < -0.39 is 0 Å². The van der Waals surface area contributed by atoms with Gasteiger partial charge in [0.15, 0.2) is 17.3 Å². The molecule has 1 aliphatic carbocycles. The molecule has 1 saturated carbocycles. The van der Waals surface area contributed by atoms with Gasteiger partial charge in [0.1, 0.15) is 6.61 Å². The van der Waals surface area contributed by atoms with Crippen molar-refractivity contribution in [3.8, 4) is 11.5 Å². The van der Waals surface area contributed by atoms with Gasteiger partial charge < -0.3 is 14.8 Å². The molecule has 1 aromatic heterocycles. The maximum absolute atomic E-state index is 5.91. The molecule has 1 heterocycles. The number of para-hydroxylation sites is 1. The lowest BCUT2D eigenvalue weighted by molar-refractivity contribution is 0.272. The van der Waals surface area contributed by atoms with Crippen LogP contribution in [-0.2, 0) is 13.2 Å². The zero-order valence-electron chi connectivity index (χ0n) is 12.1. The number of rotatable bonds is 7. The van der Waals surface area contributed by atoms with Crippen molar-refractivity contribution in [2.75, 3.05) is 7.11 Å². The Balaban J connectivity index is 1.73. The highest BCUT2D eigenvalue weighted by Crippen LogP contribution is 2.32. The third kappa shape index (κ3) is 3.70. The standard InChI is InChI=1S/C16H19N3O2/c1-20-14-5-2-4-12(10-19-13-6-7-13)16(14)21-11-15-17-8-3-9-18-15/h2-5,8-9,13,19H,6-7,10-11H2,1H3. The molecule has 1 N–H and O–H groups in total. The van der Waals surface area contributed by atoms with Gasteiger partial charge in [0.2, 0.25) is 0 Å². The summed E-state index contributed by atoms with van der Waals surface area (Å²) in [7, 11) is 1.65. The molecule has 5 nitrogen and oxygen atoms in total. The number of aromatic nitrogens is 2. The number of hydrogen-bond acceptors (Lipinski definition) is 5. The first-order chi connectivity index (χ1) is 10.4. The van der Waals surface area contributed by atoms with E-state index in [0.717, 1.165) is 23.6 Å². The highest BCUT2D eigenvalue weighted by Gasteiger charge is 2.21. The smallest absolute Gasteiger partial charge is 0.166 e. The molecule has 0 unspecified atom stereocenters. The Morgan fingerprint density at radius 3 is 2.71 bits per heavy atom. The van der Waals surface area contributed by atoms with E-state index in [1.54, 1.807) is 25.6 Å². The molecular formula is C16H19N3O2. The van der Waals surface area contributed by atoms with Crippen LogP contribution >= 0.6 is 0 Å². The lowest BCUT2D eigenvalue weighted by Gasteiger charge is -2.15. The van der Waals surface area contributed by atoms with Crippen molar-refractivity contribution in [2.45, 2.75) is 32.0 Å². The van der Waals surface area contributed by atoms with Crippen molar-refractivity contribution in [1.29, 1.82) is 0 Å². The predicted molar refractivity (Wildman–Crippen MR) is 79.2 cm³/mol. The minimum atomic E-state index is 0.331. The van der Waals surface area contributed by atoms with Gasteiger partial charge in [-0.1, -0.05) is 12.1 Å². The molecule has 1 aliphatic rings. The Hall–Kier alpha value is -2.14. The van der Waals surface area contributed by atoms with Gasteiger partial charge in [0, 0.05) is 30.5 Å². The van der Waals surface area contributed by atoms with Gasteiger partial charge in [-0.3, -0.25) is 0 Å². The lowest BCUT2D eigenvalue weighted by Crippen LogP contribution is -2.16. The summed E-state index contributed by atoms with van der Waals surface area (Å²) in [6.07, 6.45) is 5.95. The SMILES string of the molecule is COc1cccc(CNC2CC2)c1OCc1ncccn1. The molecule has 5 heteroatoms. The largest absolute Gasteiger partial charge is 0.493 e. The minimum Gasteiger partial charge on any atom is -0.493 e. The fourth-order valence-electron chi connectivity index (χ4n) is 2.11. The van der Waals surface area contributed by atoms with E-state index in [1.165, 1.54) is 12.8 Å². The van der Waals surface area contributed by atoms with Gasteiger partial charge in [0.05, 0.1) is 7.11 Å².